The van der Waals surface area contributed by atoms with E-state index in [2.05, 4.69) is 15.5 Å². The van der Waals surface area contributed by atoms with Gasteiger partial charge in [0.05, 0.1) is 20.1 Å². The van der Waals surface area contributed by atoms with Gasteiger partial charge in [-0.3, -0.25) is 9.59 Å². The highest BCUT2D eigenvalue weighted by Gasteiger charge is 2.38. The maximum absolute atomic E-state index is 13.4. The first-order valence-electron chi connectivity index (χ1n) is 13.8. The van der Waals surface area contributed by atoms with Gasteiger partial charge in [-0.15, -0.1) is 0 Å². The van der Waals surface area contributed by atoms with Crippen LogP contribution in [-0.2, 0) is 16.1 Å². The number of anilines is 1. The first kappa shape index (κ1) is 28.1. The van der Waals surface area contributed by atoms with Gasteiger partial charge in [-0.25, -0.2) is 0 Å². The summed E-state index contributed by atoms with van der Waals surface area (Å²) in [5.41, 5.74) is 3.81. The van der Waals surface area contributed by atoms with E-state index >= 15 is 0 Å². The van der Waals surface area contributed by atoms with Crippen molar-refractivity contribution in [3.05, 3.63) is 53.4 Å². The van der Waals surface area contributed by atoms with E-state index in [-0.39, 0.29) is 30.1 Å². The summed E-state index contributed by atoms with van der Waals surface area (Å²) < 4.78 is 16.4. The number of ether oxygens (including phenoxy) is 2. The number of hydrogen-bond acceptors (Lipinski definition) is 9. The lowest BCUT2D eigenvalue weighted by molar-refractivity contribution is -0.136. The lowest BCUT2D eigenvalue weighted by atomic mass is 9.95. The SMILES string of the molecule is CNc1cc(-c2noc(C3CCN(C(=O)C4CC(=O)N(Cc5ccc(OC)cc5OC)C4)CC3)n2)ccc1C(C)=N. The molecule has 41 heavy (non-hydrogen) atoms. The highest BCUT2D eigenvalue weighted by molar-refractivity contribution is 6.02. The Labute approximate surface area is 239 Å². The molecule has 2 aliphatic rings. The molecule has 216 valence electrons. The molecule has 2 fully saturated rings. The number of nitrogens with one attached hydrogen (secondary N) is 2. The zero-order valence-corrected chi connectivity index (χ0v) is 23.9. The fourth-order valence-electron chi connectivity index (χ4n) is 5.62. The minimum absolute atomic E-state index is 0.0217. The molecule has 3 heterocycles. The third-order valence-corrected chi connectivity index (χ3v) is 7.97. The summed E-state index contributed by atoms with van der Waals surface area (Å²) in [6.45, 7) is 3.69. The van der Waals surface area contributed by atoms with Crippen molar-refractivity contribution >= 4 is 23.2 Å². The van der Waals surface area contributed by atoms with Crippen LogP contribution >= 0.6 is 0 Å². The van der Waals surface area contributed by atoms with Gasteiger partial charge in [-0.05, 0) is 38.0 Å². The van der Waals surface area contributed by atoms with Crippen LogP contribution in [0, 0.1) is 11.3 Å². The molecule has 0 spiro atoms. The minimum atomic E-state index is -0.354. The maximum Gasteiger partial charge on any atom is 0.230 e. The third-order valence-electron chi connectivity index (χ3n) is 7.97. The predicted octanol–water partition coefficient (Wildman–Crippen LogP) is 3.94. The van der Waals surface area contributed by atoms with Crippen molar-refractivity contribution in [2.24, 2.45) is 5.92 Å². The fourth-order valence-corrected chi connectivity index (χ4v) is 5.62. The Morgan fingerprint density at radius 1 is 1.15 bits per heavy atom. The number of benzene rings is 2. The minimum Gasteiger partial charge on any atom is -0.497 e. The van der Waals surface area contributed by atoms with Gasteiger partial charge >= 0.3 is 0 Å². The van der Waals surface area contributed by atoms with Crippen LogP contribution in [0.2, 0.25) is 0 Å². The second-order valence-electron chi connectivity index (χ2n) is 10.5. The van der Waals surface area contributed by atoms with Crippen molar-refractivity contribution in [3.63, 3.8) is 0 Å². The summed E-state index contributed by atoms with van der Waals surface area (Å²) in [7, 11) is 5.00. The van der Waals surface area contributed by atoms with Crippen LogP contribution in [0.25, 0.3) is 11.4 Å². The number of likely N-dealkylation sites (tertiary alicyclic amines) is 2. The van der Waals surface area contributed by atoms with Gasteiger partial charge in [-0.2, -0.15) is 4.98 Å². The van der Waals surface area contributed by atoms with Crippen LogP contribution in [0.5, 0.6) is 11.5 Å². The summed E-state index contributed by atoms with van der Waals surface area (Å²) in [5.74, 6) is 2.11. The van der Waals surface area contributed by atoms with Gasteiger partial charge in [0.1, 0.15) is 11.5 Å². The van der Waals surface area contributed by atoms with E-state index in [0.717, 1.165) is 22.4 Å². The molecule has 0 bridgehead atoms. The number of hydrogen-bond donors (Lipinski definition) is 2. The molecular weight excluding hydrogens is 524 g/mol. The molecule has 2 saturated heterocycles. The van der Waals surface area contributed by atoms with Crippen LogP contribution in [0.1, 0.15) is 49.1 Å². The molecule has 2 amide bonds. The molecule has 5 rings (SSSR count). The summed E-state index contributed by atoms with van der Waals surface area (Å²) in [6, 6.07) is 11.2. The maximum atomic E-state index is 13.4. The zero-order chi connectivity index (χ0) is 29.1. The van der Waals surface area contributed by atoms with Crippen molar-refractivity contribution in [1.29, 1.82) is 5.41 Å². The van der Waals surface area contributed by atoms with Gasteiger partial charge in [0.15, 0.2) is 0 Å². The van der Waals surface area contributed by atoms with Crippen LogP contribution in [-0.4, -0.2) is 78.4 Å². The first-order chi connectivity index (χ1) is 19.8. The number of rotatable bonds is 9. The predicted molar refractivity (Wildman–Crippen MR) is 153 cm³/mol. The van der Waals surface area contributed by atoms with E-state index in [0.29, 0.717) is 67.9 Å². The molecule has 11 heteroatoms. The standard InChI is InChI=1S/C30H36N6O5/c1-18(31)24-8-6-20(13-25(24)32-2)28-33-29(41-34-28)19-9-11-35(12-10-19)30(38)22-14-27(37)36(17-22)16-21-5-7-23(39-3)15-26(21)40-4/h5-8,13,15,19,22,31-32H,9-12,14,16-17H2,1-4H3. The van der Waals surface area contributed by atoms with Gasteiger partial charge in [0, 0.05) is 79.7 Å². The van der Waals surface area contributed by atoms with Gasteiger partial charge in [0.25, 0.3) is 0 Å². The Morgan fingerprint density at radius 2 is 1.93 bits per heavy atom. The molecule has 0 saturated carbocycles. The highest BCUT2D eigenvalue weighted by atomic mass is 16.5. The third kappa shape index (κ3) is 5.89. The average molecular weight is 561 g/mol. The largest absolute Gasteiger partial charge is 0.497 e. The monoisotopic (exact) mass is 560 g/mol. The van der Waals surface area contributed by atoms with Crippen molar-refractivity contribution in [1.82, 2.24) is 19.9 Å². The Kier molecular flexibility index (Phi) is 8.23. The lowest BCUT2D eigenvalue weighted by Gasteiger charge is -2.32. The summed E-state index contributed by atoms with van der Waals surface area (Å²) in [6.07, 6.45) is 1.65. The summed E-state index contributed by atoms with van der Waals surface area (Å²) in [4.78, 5) is 34.4. The number of nitrogens with zero attached hydrogens (tertiary/aromatic N) is 4. The number of piperidine rings is 1. The van der Waals surface area contributed by atoms with E-state index in [1.54, 1.807) is 32.1 Å². The van der Waals surface area contributed by atoms with Crippen LogP contribution in [0.15, 0.2) is 40.9 Å². The van der Waals surface area contributed by atoms with E-state index in [9.17, 15) is 9.59 Å². The van der Waals surface area contributed by atoms with E-state index in [4.69, 9.17) is 19.4 Å². The van der Waals surface area contributed by atoms with Crippen molar-refractivity contribution < 1.29 is 23.6 Å². The molecule has 11 nitrogen and oxygen atoms in total. The summed E-state index contributed by atoms with van der Waals surface area (Å²) in [5, 5.41) is 15.3. The second kappa shape index (κ2) is 12.0. The van der Waals surface area contributed by atoms with Gasteiger partial charge in [-0.1, -0.05) is 17.3 Å². The Hall–Kier alpha value is -4.41. The van der Waals surface area contributed by atoms with Crippen LogP contribution in [0.3, 0.4) is 0 Å². The van der Waals surface area contributed by atoms with Gasteiger partial charge < -0.3 is 34.5 Å². The normalized spacial score (nSPS) is 17.6. The number of methoxy groups -OCH3 is 2. The number of aromatic nitrogens is 2. The van der Waals surface area contributed by atoms with Crippen molar-refractivity contribution in [3.8, 4) is 22.9 Å². The number of amides is 2. The average Bonchev–Trinajstić information content (AvgIpc) is 3.64. The Bertz CT molecular complexity index is 1440. The quantitative estimate of drug-likeness (QED) is 0.376. The number of carbonyl (C=O) groups excluding carboxylic acids is 2. The van der Waals surface area contributed by atoms with E-state index in [1.165, 1.54) is 0 Å². The topological polar surface area (TPSA) is 134 Å². The Morgan fingerprint density at radius 3 is 2.61 bits per heavy atom. The van der Waals surface area contributed by atoms with E-state index in [1.807, 2.05) is 42.3 Å². The number of carbonyl (C=O) groups is 2. The van der Waals surface area contributed by atoms with E-state index < -0.39 is 0 Å². The molecule has 2 aromatic carbocycles. The van der Waals surface area contributed by atoms with Crippen LogP contribution < -0.4 is 14.8 Å². The fraction of sp³-hybridized carbons (Fsp3) is 0.433. The first-order valence-corrected chi connectivity index (χ1v) is 13.8. The molecule has 2 aliphatic heterocycles. The smallest absolute Gasteiger partial charge is 0.230 e. The molecule has 0 radical (unpaired) electrons. The second-order valence-corrected chi connectivity index (χ2v) is 10.5. The highest BCUT2D eigenvalue weighted by Crippen LogP contribution is 2.32. The molecule has 0 aliphatic carbocycles. The molecule has 1 atom stereocenters. The van der Waals surface area contributed by atoms with Gasteiger partial charge in [0.2, 0.25) is 23.5 Å². The van der Waals surface area contributed by atoms with Crippen molar-refractivity contribution in [2.45, 2.75) is 38.6 Å². The lowest BCUT2D eigenvalue weighted by Crippen LogP contribution is -2.42. The molecular formula is C30H36N6O5. The summed E-state index contributed by atoms with van der Waals surface area (Å²) >= 11 is 0. The Balaban J connectivity index is 1.17. The molecule has 2 N–H and O–H groups in total. The van der Waals surface area contributed by atoms with Crippen LogP contribution in [0.4, 0.5) is 5.69 Å². The molecule has 3 aromatic rings. The molecule has 1 aromatic heterocycles. The van der Waals surface area contributed by atoms with Crippen molar-refractivity contribution in [2.75, 3.05) is 46.2 Å². The molecule has 1 unspecified atom stereocenters. The zero-order valence-electron chi connectivity index (χ0n) is 23.9.